The summed E-state index contributed by atoms with van der Waals surface area (Å²) in [7, 11) is 0. The Bertz CT molecular complexity index is 323. The molecule has 1 aliphatic heterocycles. The monoisotopic (exact) mass is 284 g/mol. The van der Waals surface area contributed by atoms with E-state index in [-0.39, 0.29) is 17.9 Å². The third-order valence-corrected chi connectivity index (χ3v) is 3.86. The third-order valence-electron chi connectivity index (χ3n) is 3.86. The Kier molecular flexibility index (Phi) is 6.78. The number of nitrogens with two attached hydrogens (primary N) is 1. The molecule has 1 fully saturated rings. The molecular weight excluding hydrogens is 256 g/mol. The number of urea groups is 1. The first-order chi connectivity index (χ1) is 9.53. The van der Waals surface area contributed by atoms with Gasteiger partial charge in [0, 0.05) is 45.7 Å². The summed E-state index contributed by atoms with van der Waals surface area (Å²) in [4.78, 5) is 29.7. The van der Waals surface area contributed by atoms with Crippen LogP contribution in [0.5, 0.6) is 0 Å². The van der Waals surface area contributed by atoms with Crippen LogP contribution < -0.4 is 5.73 Å². The summed E-state index contributed by atoms with van der Waals surface area (Å²) >= 11 is 0. The largest absolute Gasteiger partial charge is 0.339 e. The van der Waals surface area contributed by atoms with Gasteiger partial charge in [-0.1, -0.05) is 6.92 Å². The second-order valence-electron chi connectivity index (χ2n) is 5.37. The molecule has 2 N–H and O–H groups in total. The lowest BCUT2D eigenvalue weighted by Gasteiger charge is -2.37. The zero-order chi connectivity index (χ0) is 15.1. The maximum absolute atomic E-state index is 12.2. The Morgan fingerprint density at radius 3 is 2.05 bits per heavy atom. The number of carbonyl (C=O) groups is 2. The fourth-order valence-electron chi connectivity index (χ4n) is 2.35. The Morgan fingerprint density at radius 2 is 1.60 bits per heavy atom. The van der Waals surface area contributed by atoms with Crippen LogP contribution in [0.15, 0.2) is 0 Å². The zero-order valence-electron chi connectivity index (χ0n) is 13.0. The summed E-state index contributed by atoms with van der Waals surface area (Å²) in [6.07, 6.45) is 0.500. The van der Waals surface area contributed by atoms with Crippen molar-refractivity contribution in [1.29, 1.82) is 0 Å². The van der Waals surface area contributed by atoms with Crippen molar-refractivity contribution in [2.45, 2.75) is 27.2 Å². The number of rotatable bonds is 5. The average Bonchev–Trinajstić information content (AvgIpc) is 2.48. The Hall–Kier alpha value is -1.30. The summed E-state index contributed by atoms with van der Waals surface area (Å²) in [6.45, 7) is 10.4. The lowest BCUT2D eigenvalue weighted by molar-refractivity contribution is -0.133. The van der Waals surface area contributed by atoms with Crippen molar-refractivity contribution in [1.82, 2.24) is 14.7 Å². The van der Waals surface area contributed by atoms with E-state index >= 15 is 0 Å². The van der Waals surface area contributed by atoms with Crippen molar-refractivity contribution in [2.24, 2.45) is 11.7 Å². The number of hydrogen-bond acceptors (Lipinski definition) is 3. The number of amides is 3. The van der Waals surface area contributed by atoms with E-state index in [1.807, 2.05) is 35.5 Å². The molecule has 1 rings (SSSR count). The van der Waals surface area contributed by atoms with Crippen molar-refractivity contribution in [3.05, 3.63) is 0 Å². The van der Waals surface area contributed by atoms with Gasteiger partial charge in [0.25, 0.3) is 0 Å². The van der Waals surface area contributed by atoms with Gasteiger partial charge < -0.3 is 20.4 Å². The highest BCUT2D eigenvalue weighted by Gasteiger charge is 2.26. The van der Waals surface area contributed by atoms with Crippen molar-refractivity contribution in [2.75, 3.05) is 45.8 Å². The van der Waals surface area contributed by atoms with Crippen LogP contribution >= 0.6 is 0 Å². The molecule has 0 aromatic heterocycles. The van der Waals surface area contributed by atoms with Gasteiger partial charge in [-0.25, -0.2) is 4.79 Å². The minimum Gasteiger partial charge on any atom is -0.339 e. The predicted octanol–water partition coefficient (Wildman–Crippen LogP) is 0.577. The van der Waals surface area contributed by atoms with Gasteiger partial charge in [-0.3, -0.25) is 4.79 Å². The highest BCUT2D eigenvalue weighted by atomic mass is 16.2. The second kappa shape index (κ2) is 8.09. The highest BCUT2D eigenvalue weighted by molar-refractivity contribution is 5.78. The molecule has 1 atom stereocenters. The van der Waals surface area contributed by atoms with E-state index in [2.05, 4.69) is 0 Å². The molecule has 1 aliphatic rings. The molecule has 3 amide bonds. The SMILES string of the molecule is CCN(CC)C(=O)N1CCN(C(=O)CC(C)CN)CC1. The molecule has 0 aliphatic carbocycles. The molecule has 1 saturated heterocycles. The molecule has 6 nitrogen and oxygen atoms in total. The van der Waals surface area contributed by atoms with Crippen LogP contribution in [0.25, 0.3) is 0 Å². The van der Waals surface area contributed by atoms with Gasteiger partial charge in [0.15, 0.2) is 0 Å². The van der Waals surface area contributed by atoms with E-state index in [0.717, 1.165) is 13.1 Å². The maximum Gasteiger partial charge on any atom is 0.320 e. The first-order valence-electron chi connectivity index (χ1n) is 7.55. The summed E-state index contributed by atoms with van der Waals surface area (Å²) in [6, 6.07) is 0.0809. The van der Waals surface area contributed by atoms with Crippen LogP contribution in [0.1, 0.15) is 27.2 Å². The van der Waals surface area contributed by atoms with Gasteiger partial charge in [-0.15, -0.1) is 0 Å². The van der Waals surface area contributed by atoms with E-state index < -0.39 is 0 Å². The van der Waals surface area contributed by atoms with Gasteiger partial charge in [0.05, 0.1) is 0 Å². The minimum absolute atomic E-state index is 0.0809. The number of nitrogens with zero attached hydrogens (tertiary/aromatic N) is 3. The molecule has 0 bridgehead atoms. The third kappa shape index (κ3) is 4.37. The summed E-state index contributed by atoms with van der Waals surface area (Å²) in [5.74, 6) is 0.371. The molecule has 20 heavy (non-hydrogen) atoms. The molecule has 116 valence electrons. The molecule has 0 spiro atoms. The lowest BCUT2D eigenvalue weighted by Crippen LogP contribution is -2.54. The molecule has 0 saturated carbocycles. The maximum atomic E-state index is 12.2. The molecule has 0 aromatic carbocycles. The quantitative estimate of drug-likeness (QED) is 0.803. The molecule has 6 heteroatoms. The van der Waals surface area contributed by atoms with Gasteiger partial charge in [-0.2, -0.15) is 0 Å². The lowest BCUT2D eigenvalue weighted by atomic mass is 10.1. The number of piperazine rings is 1. The second-order valence-corrected chi connectivity index (χ2v) is 5.37. The van der Waals surface area contributed by atoms with Crippen LogP contribution in [0.2, 0.25) is 0 Å². The van der Waals surface area contributed by atoms with E-state index in [9.17, 15) is 9.59 Å². The first-order valence-corrected chi connectivity index (χ1v) is 7.55. The molecular formula is C14H28N4O2. The van der Waals surface area contributed by atoms with Crippen molar-refractivity contribution in [3.63, 3.8) is 0 Å². The van der Waals surface area contributed by atoms with Gasteiger partial charge in [-0.05, 0) is 26.3 Å². The normalized spacial score (nSPS) is 17.0. The Balaban J connectivity index is 2.43. The van der Waals surface area contributed by atoms with Crippen molar-refractivity contribution >= 4 is 11.9 Å². The van der Waals surface area contributed by atoms with Crippen molar-refractivity contribution < 1.29 is 9.59 Å². The van der Waals surface area contributed by atoms with Crippen LogP contribution in [-0.4, -0.2) is 72.5 Å². The van der Waals surface area contributed by atoms with Gasteiger partial charge >= 0.3 is 6.03 Å². The Morgan fingerprint density at radius 1 is 1.10 bits per heavy atom. The number of hydrogen-bond donors (Lipinski definition) is 1. The summed E-state index contributed by atoms with van der Waals surface area (Å²) in [5.41, 5.74) is 5.55. The topological polar surface area (TPSA) is 69.9 Å². The number of carbonyl (C=O) groups excluding carboxylic acids is 2. The first kappa shape index (κ1) is 16.8. The fourth-order valence-corrected chi connectivity index (χ4v) is 2.35. The molecule has 1 heterocycles. The van der Waals surface area contributed by atoms with Crippen LogP contribution in [-0.2, 0) is 4.79 Å². The van der Waals surface area contributed by atoms with E-state index in [1.165, 1.54) is 0 Å². The summed E-state index contributed by atoms with van der Waals surface area (Å²) in [5, 5.41) is 0. The average molecular weight is 284 g/mol. The smallest absolute Gasteiger partial charge is 0.320 e. The van der Waals surface area contributed by atoms with Crippen LogP contribution in [0, 0.1) is 5.92 Å². The molecule has 0 aromatic rings. The summed E-state index contributed by atoms with van der Waals surface area (Å²) < 4.78 is 0. The van der Waals surface area contributed by atoms with Crippen LogP contribution in [0.3, 0.4) is 0 Å². The zero-order valence-corrected chi connectivity index (χ0v) is 13.0. The highest BCUT2D eigenvalue weighted by Crippen LogP contribution is 2.09. The molecule has 1 unspecified atom stereocenters. The van der Waals surface area contributed by atoms with E-state index in [1.54, 1.807) is 0 Å². The van der Waals surface area contributed by atoms with Gasteiger partial charge in [0.2, 0.25) is 5.91 Å². The predicted molar refractivity (Wildman–Crippen MR) is 79.3 cm³/mol. The Labute approximate surface area is 121 Å². The standard InChI is InChI=1S/C14H28N4O2/c1-4-16(5-2)14(20)18-8-6-17(7-9-18)13(19)10-12(3)11-15/h12H,4-11,15H2,1-3H3. The van der Waals surface area contributed by atoms with Crippen molar-refractivity contribution in [3.8, 4) is 0 Å². The van der Waals surface area contributed by atoms with E-state index in [0.29, 0.717) is 39.1 Å². The van der Waals surface area contributed by atoms with E-state index in [4.69, 9.17) is 5.73 Å². The van der Waals surface area contributed by atoms with Gasteiger partial charge in [0.1, 0.15) is 0 Å². The minimum atomic E-state index is 0.0809. The molecule has 0 radical (unpaired) electrons. The fraction of sp³-hybridized carbons (Fsp3) is 0.857. The van der Waals surface area contributed by atoms with Crippen LogP contribution in [0.4, 0.5) is 4.79 Å².